The fourth-order valence-corrected chi connectivity index (χ4v) is 4.90. The van der Waals surface area contributed by atoms with Crippen LogP contribution in [0.2, 0.25) is 0 Å². The standard InChI is InChI=1S/C24H32N4O5S.C2HF3O2/c1-4-5-18-6-9-20(10-7-18)34(32,33)25-22-11-8-19(16-21(22)24(30)31)28-14-12-27(13-15-28)17-23(29)26(2)3;3-2(4,5)1(6)7/h6-11,16,25H,4-5,12-15,17H2,1-3H3,(H,30,31);(H,6,7). The Hall–Kier alpha value is -3.85. The summed E-state index contributed by atoms with van der Waals surface area (Å²) in [6.07, 6.45) is -3.26. The summed E-state index contributed by atoms with van der Waals surface area (Å²) in [6, 6.07) is 11.3. The largest absolute Gasteiger partial charge is 0.490 e. The SMILES string of the molecule is CCCc1ccc(S(=O)(=O)Nc2ccc(N3CCN(CC(=O)N(C)C)CC3)cc2C(=O)O)cc1.O=C(O)C(F)(F)F. The average molecular weight is 603 g/mol. The summed E-state index contributed by atoms with van der Waals surface area (Å²) in [4.78, 5) is 38.5. The molecule has 0 atom stereocenters. The monoisotopic (exact) mass is 602 g/mol. The Morgan fingerprint density at radius 2 is 1.54 bits per heavy atom. The van der Waals surface area contributed by atoms with Crippen LogP contribution < -0.4 is 9.62 Å². The first-order valence-electron chi connectivity index (χ1n) is 12.5. The number of rotatable bonds is 9. The first-order chi connectivity index (χ1) is 19.0. The lowest BCUT2D eigenvalue weighted by atomic mass is 10.1. The lowest BCUT2D eigenvalue weighted by Gasteiger charge is -2.36. The number of piperazine rings is 1. The number of aromatic carboxylic acids is 1. The number of nitrogens with zero attached hydrogens (tertiary/aromatic N) is 3. The Kier molecular flexibility index (Phi) is 11.5. The number of hydrogen-bond donors (Lipinski definition) is 3. The summed E-state index contributed by atoms with van der Waals surface area (Å²) in [6.45, 7) is 5.01. The number of carbonyl (C=O) groups excluding carboxylic acids is 1. The van der Waals surface area contributed by atoms with Crippen LogP contribution in [0.15, 0.2) is 47.4 Å². The zero-order chi connectivity index (χ0) is 31.0. The van der Waals surface area contributed by atoms with Crippen LogP contribution in [0.3, 0.4) is 0 Å². The van der Waals surface area contributed by atoms with Gasteiger partial charge in [0.2, 0.25) is 5.91 Å². The number of likely N-dealkylation sites (N-methyl/N-ethyl adjacent to an activating group) is 1. The molecule has 1 heterocycles. The highest BCUT2D eigenvalue weighted by molar-refractivity contribution is 7.92. The van der Waals surface area contributed by atoms with E-state index in [-0.39, 0.29) is 22.1 Å². The van der Waals surface area contributed by atoms with E-state index in [4.69, 9.17) is 9.90 Å². The lowest BCUT2D eigenvalue weighted by molar-refractivity contribution is -0.192. The number of alkyl halides is 3. The molecule has 2 aromatic carbocycles. The number of carboxylic acids is 2. The molecular formula is C26H33F3N4O7S. The van der Waals surface area contributed by atoms with E-state index in [0.29, 0.717) is 38.4 Å². The van der Waals surface area contributed by atoms with Crippen molar-refractivity contribution in [1.29, 1.82) is 0 Å². The maximum Gasteiger partial charge on any atom is 0.490 e. The van der Waals surface area contributed by atoms with Gasteiger partial charge in [-0.3, -0.25) is 14.4 Å². The van der Waals surface area contributed by atoms with Gasteiger partial charge in [-0.05, 0) is 42.3 Å². The summed E-state index contributed by atoms with van der Waals surface area (Å²) in [5, 5.41) is 16.9. The molecule has 1 fully saturated rings. The zero-order valence-electron chi connectivity index (χ0n) is 22.8. The number of sulfonamides is 1. The molecule has 0 spiro atoms. The molecule has 0 aromatic heterocycles. The number of benzene rings is 2. The molecule has 3 rings (SSSR count). The van der Waals surface area contributed by atoms with Crippen molar-refractivity contribution in [3.05, 3.63) is 53.6 Å². The van der Waals surface area contributed by atoms with Gasteiger partial charge < -0.3 is 20.0 Å². The molecule has 2 aromatic rings. The van der Waals surface area contributed by atoms with Crippen LogP contribution in [0.5, 0.6) is 0 Å². The molecule has 1 aliphatic heterocycles. The van der Waals surface area contributed by atoms with Gasteiger partial charge in [-0.1, -0.05) is 25.5 Å². The van der Waals surface area contributed by atoms with Gasteiger partial charge in [0.15, 0.2) is 0 Å². The summed E-state index contributed by atoms with van der Waals surface area (Å²) in [5.74, 6) is -3.93. The number of amides is 1. The highest BCUT2D eigenvalue weighted by Gasteiger charge is 2.38. The molecule has 41 heavy (non-hydrogen) atoms. The predicted molar refractivity (Wildman–Crippen MR) is 146 cm³/mol. The predicted octanol–water partition coefficient (Wildman–Crippen LogP) is 2.98. The molecule has 3 N–H and O–H groups in total. The third-order valence-electron chi connectivity index (χ3n) is 6.09. The molecule has 11 nitrogen and oxygen atoms in total. The van der Waals surface area contributed by atoms with Crippen molar-refractivity contribution in [2.75, 3.05) is 56.4 Å². The fourth-order valence-electron chi connectivity index (χ4n) is 3.82. The molecule has 226 valence electrons. The average Bonchev–Trinajstić information content (AvgIpc) is 2.89. The lowest BCUT2D eigenvalue weighted by Crippen LogP contribution is -2.49. The second-order valence-electron chi connectivity index (χ2n) is 9.39. The Morgan fingerprint density at radius 1 is 0.976 bits per heavy atom. The van der Waals surface area contributed by atoms with E-state index < -0.39 is 28.1 Å². The van der Waals surface area contributed by atoms with E-state index in [1.165, 1.54) is 24.3 Å². The van der Waals surface area contributed by atoms with Gasteiger partial charge in [0.05, 0.1) is 22.7 Å². The maximum absolute atomic E-state index is 12.9. The Morgan fingerprint density at radius 3 is 2.00 bits per heavy atom. The van der Waals surface area contributed by atoms with E-state index in [0.717, 1.165) is 18.4 Å². The highest BCUT2D eigenvalue weighted by Crippen LogP contribution is 2.27. The van der Waals surface area contributed by atoms with Crippen molar-refractivity contribution >= 4 is 39.2 Å². The minimum absolute atomic E-state index is 0.0177. The van der Waals surface area contributed by atoms with Crippen LogP contribution in [-0.4, -0.2) is 99.3 Å². The van der Waals surface area contributed by atoms with Crippen LogP contribution in [0.25, 0.3) is 0 Å². The van der Waals surface area contributed by atoms with E-state index >= 15 is 0 Å². The third kappa shape index (κ3) is 9.93. The number of carboxylic acid groups (broad SMARTS) is 2. The quantitative estimate of drug-likeness (QED) is 0.394. The molecule has 1 amide bonds. The first kappa shape index (κ1) is 33.4. The van der Waals surface area contributed by atoms with Crippen molar-refractivity contribution in [1.82, 2.24) is 9.80 Å². The number of anilines is 2. The molecule has 1 saturated heterocycles. The Balaban J connectivity index is 0.000000745. The number of halogens is 3. The molecule has 15 heteroatoms. The van der Waals surface area contributed by atoms with Gasteiger partial charge >= 0.3 is 18.1 Å². The van der Waals surface area contributed by atoms with E-state index in [2.05, 4.69) is 16.5 Å². The van der Waals surface area contributed by atoms with Crippen LogP contribution in [0.4, 0.5) is 24.5 Å². The number of hydrogen-bond acceptors (Lipinski definition) is 7. The van der Waals surface area contributed by atoms with Gasteiger partial charge in [0.25, 0.3) is 10.0 Å². The maximum atomic E-state index is 12.9. The van der Waals surface area contributed by atoms with Crippen molar-refractivity contribution in [3.63, 3.8) is 0 Å². The van der Waals surface area contributed by atoms with Crippen LogP contribution in [-0.2, 0) is 26.0 Å². The minimum atomic E-state index is -5.08. The third-order valence-corrected chi connectivity index (χ3v) is 7.47. The number of aryl methyl sites for hydroxylation is 1. The molecule has 1 aliphatic rings. The Bertz CT molecular complexity index is 1330. The van der Waals surface area contributed by atoms with Gasteiger partial charge in [-0.25, -0.2) is 18.0 Å². The fraction of sp³-hybridized carbons (Fsp3) is 0.423. The molecule has 0 aliphatic carbocycles. The van der Waals surface area contributed by atoms with Crippen molar-refractivity contribution in [3.8, 4) is 0 Å². The number of nitrogens with one attached hydrogen (secondary N) is 1. The van der Waals surface area contributed by atoms with Crippen LogP contribution in [0.1, 0.15) is 29.3 Å². The summed E-state index contributed by atoms with van der Waals surface area (Å²) in [5.41, 5.74) is 1.64. The molecule has 0 unspecified atom stereocenters. The van der Waals surface area contributed by atoms with Crippen molar-refractivity contribution in [2.24, 2.45) is 0 Å². The van der Waals surface area contributed by atoms with E-state index in [9.17, 15) is 36.3 Å². The van der Waals surface area contributed by atoms with Gasteiger partial charge in [0.1, 0.15) is 0 Å². The Labute approximate surface area is 236 Å². The first-order valence-corrected chi connectivity index (χ1v) is 14.0. The molecule has 0 bridgehead atoms. The van der Waals surface area contributed by atoms with Gasteiger partial charge in [-0.15, -0.1) is 0 Å². The zero-order valence-corrected chi connectivity index (χ0v) is 23.6. The van der Waals surface area contributed by atoms with Crippen molar-refractivity contribution in [2.45, 2.75) is 30.8 Å². The topological polar surface area (TPSA) is 148 Å². The number of carbonyl (C=O) groups is 3. The molecule has 0 saturated carbocycles. The highest BCUT2D eigenvalue weighted by atomic mass is 32.2. The van der Waals surface area contributed by atoms with Crippen LogP contribution in [0, 0.1) is 0 Å². The molecule has 0 radical (unpaired) electrons. The van der Waals surface area contributed by atoms with Crippen LogP contribution >= 0.6 is 0 Å². The second kappa shape index (κ2) is 14.2. The summed E-state index contributed by atoms with van der Waals surface area (Å²) < 4.78 is 59.9. The van der Waals surface area contributed by atoms with Gasteiger partial charge in [0, 0.05) is 46.0 Å². The van der Waals surface area contributed by atoms with Crippen molar-refractivity contribution < 1.29 is 46.2 Å². The summed E-state index contributed by atoms with van der Waals surface area (Å²) >= 11 is 0. The van der Waals surface area contributed by atoms with E-state index in [1.54, 1.807) is 37.2 Å². The number of aliphatic carboxylic acids is 1. The smallest absolute Gasteiger partial charge is 0.478 e. The van der Waals surface area contributed by atoms with Gasteiger partial charge in [-0.2, -0.15) is 13.2 Å². The van der Waals surface area contributed by atoms with E-state index in [1.807, 2.05) is 4.90 Å². The summed E-state index contributed by atoms with van der Waals surface area (Å²) in [7, 11) is -0.483. The molecular weight excluding hydrogens is 569 g/mol. The second-order valence-corrected chi connectivity index (χ2v) is 11.1. The minimum Gasteiger partial charge on any atom is -0.478 e. The normalized spacial score (nSPS) is 14.0.